The van der Waals surface area contributed by atoms with E-state index >= 15 is 0 Å². The normalized spacial score (nSPS) is 12.9. The van der Waals surface area contributed by atoms with E-state index in [2.05, 4.69) is 29.2 Å². The number of hydrogen-bond donors (Lipinski definition) is 1. The maximum Gasteiger partial charge on any atom is 0.142 e. The molecule has 0 amide bonds. The summed E-state index contributed by atoms with van der Waals surface area (Å²) in [6.45, 7) is 6.92. The second kappa shape index (κ2) is 7.00. The zero-order valence-corrected chi connectivity index (χ0v) is 13.2. The van der Waals surface area contributed by atoms with Crippen LogP contribution in [0.4, 0.5) is 4.39 Å². The van der Waals surface area contributed by atoms with Gasteiger partial charge in [-0.1, -0.05) is 24.6 Å². The largest absolute Gasteiger partial charge is 0.310 e. The first-order valence-electron chi connectivity index (χ1n) is 7.09. The second-order valence-electron chi connectivity index (χ2n) is 5.20. The molecule has 0 aliphatic heterocycles. The summed E-state index contributed by atoms with van der Waals surface area (Å²) in [4.78, 5) is 4.32. The van der Waals surface area contributed by atoms with E-state index in [1.807, 2.05) is 17.7 Å². The topological polar surface area (TPSA) is 42.7 Å². The van der Waals surface area contributed by atoms with Gasteiger partial charge in [-0.15, -0.1) is 0 Å². The van der Waals surface area contributed by atoms with E-state index < -0.39 is 5.82 Å². The van der Waals surface area contributed by atoms with Gasteiger partial charge in [0.25, 0.3) is 0 Å². The molecular formula is C15H20ClFN4. The van der Waals surface area contributed by atoms with E-state index in [4.69, 9.17) is 11.6 Å². The summed E-state index contributed by atoms with van der Waals surface area (Å²) in [5.41, 5.74) is 0.858. The van der Waals surface area contributed by atoms with Gasteiger partial charge in [-0.2, -0.15) is 5.10 Å². The van der Waals surface area contributed by atoms with E-state index in [9.17, 15) is 4.39 Å². The van der Waals surface area contributed by atoms with Crippen LogP contribution in [0.15, 0.2) is 24.5 Å². The summed E-state index contributed by atoms with van der Waals surface area (Å²) in [6.07, 6.45) is 2.20. The molecule has 114 valence electrons. The lowest BCUT2D eigenvalue weighted by atomic mass is 10.0. The summed E-state index contributed by atoms with van der Waals surface area (Å²) in [6, 6.07) is 5.12. The Morgan fingerprint density at radius 3 is 2.76 bits per heavy atom. The van der Waals surface area contributed by atoms with E-state index in [0.717, 1.165) is 17.9 Å². The van der Waals surface area contributed by atoms with E-state index in [0.29, 0.717) is 6.42 Å². The average molecular weight is 311 g/mol. The summed E-state index contributed by atoms with van der Waals surface area (Å²) in [5, 5.41) is 7.73. The van der Waals surface area contributed by atoms with Gasteiger partial charge < -0.3 is 5.32 Å². The van der Waals surface area contributed by atoms with Crippen molar-refractivity contribution in [2.75, 3.05) is 6.54 Å². The molecule has 0 spiro atoms. The zero-order chi connectivity index (χ0) is 15.4. The summed E-state index contributed by atoms with van der Waals surface area (Å²) < 4.78 is 15.6. The Kier molecular flexibility index (Phi) is 5.31. The molecule has 6 heteroatoms. The van der Waals surface area contributed by atoms with Crippen molar-refractivity contribution in [1.82, 2.24) is 20.1 Å². The summed E-state index contributed by atoms with van der Waals surface area (Å²) >= 11 is 5.75. The molecule has 4 nitrogen and oxygen atoms in total. The lowest BCUT2D eigenvalue weighted by Crippen LogP contribution is -2.25. The Balaban J connectivity index is 2.26. The first kappa shape index (κ1) is 15.9. The predicted molar refractivity (Wildman–Crippen MR) is 81.9 cm³/mol. The fourth-order valence-electron chi connectivity index (χ4n) is 2.32. The van der Waals surface area contributed by atoms with E-state index in [-0.39, 0.29) is 17.1 Å². The van der Waals surface area contributed by atoms with Gasteiger partial charge in [0.15, 0.2) is 0 Å². The highest BCUT2D eigenvalue weighted by Crippen LogP contribution is 2.23. The molecule has 1 heterocycles. The van der Waals surface area contributed by atoms with Crippen molar-refractivity contribution in [3.8, 4) is 0 Å². The molecule has 2 aromatic rings. The van der Waals surface area contributed by atoms with Crippen LogP contribution in [0.3, 0.4) is 0 Å². The first-order chi connectivity index (χ1) is 10.0. The number of aromatic nitrogens is 3. The monoisotopic (exact) mass is 310 g/mol. The number of benzene rings is 1. The zero-order valence-electron chi connectivity index (χ0n) is 12.5. The number of nitrogens with one attached hydrogen (secondary N) is 1. The molecule has 0 aliphatic carbocycles. The van der Waals surface area contributed by atoms with Crippen molar-refractivity contribution in [1.29, 1.82) is 0 Å². The van der Waals surface area contributed by atoms with Crippen LogP contribution >= 0.6 is 11.6 Å². The number of likely N-dealkylation sites (N-methyl/N-ethyl adjacent to an activating group) is 1. The number of halogens is 2. The molecule has 21 heavy (non-hydrogen) atoms. The van der Waals surface area contributed by atoms with Crippen LogP contribution in [0.1, 0.15) is 44.2 Å². The van der Waals surface area contributed by atoms with Crippen LogP contribution in [0.25, 0.3) is 0 Å². The van der Waals surface area contributed by atoms with Crippen molar-refractivity contribution in [2.24, 2.45) is 0 Å². The van der Waals surface area contributed by atoms with Crippen LogP contribution in [0, 0.1) is 5.82 Å². The third-order valence-electron chi connectivity index (χ3n) is 3.32. The molecule has 1 aromatic carbocycles. The molecule has 0 bridgehead atoms. The number of rotatable bonds is 6. The van der Waals surface area contributed by atoms with Crippen LogP contribution < -0.4 is 5.32 Å². The Labute approximate surface area is 129 Å². The molecule has 0 aliphatic rings. The van der Waals surface area contributed by atoms with E-state index in [1.54, 1.807) is 12.4 Å². The molecular weight excluding hydrogens is 291 g/mol. The first-order valence-corrected chi connectivity index (χ1v) is 7.47. The van der Waals surface area contributed by atoms with Crippen molar-refractivity contribution >= 4 is 11.6 Å². The smallest absolute Gasteiger partial charge is 0.142 e. The quantitative estimate of drug-likeness (QED) is 0.887. The molecule has 2 rings (SSSR count). The fraction of sp³-hybridized carbons (Fsp3) is 0.467. The summed E-state index contributed by atoms with van der Waals surface area (Å²) in [7, 11) is 0. The van der Waals surface area contributed by atoms with Gasteiger partial charge in [0.1, 0.15) is 18.0 Å². The third-order valence-corrected chi connectivity index (χ3v) is 3.63. The second-order valence-corrected chi connectivity index (χ2v) is 5.61. The Morgan fingerprint density at radius 1 is 1.38 bits per heavy atom. The molecule has 0 radical (unpaired) electrons. The predicted octanol–water partition coefficient (Wildman–Crippen LogP) is 3.54. The molecule has 1 unspecified atom stereocenters. The lowest BCUT2D eigenvalue weighted by Gasteiger charge is -2.19. The molecule has 1 N–H and O–H groups in total. The van der Waals surface area contributed by atoms with Crippen LogP contribution in [0.2, 0.25) is 5.02 Å². The summed E-state index contributed by atoms with van der Waals surface area (Å²) in [5.74, 6) is 0.480. The SMILES string of the molecule is CCNC(Cc1ncnn1C(C)C)c1ccc(Cl)c(F)c1. The molecule has 1 atom stereocenters. The van der Waals surface area contributed by atoms with Crippen molar-refractivity contribution in [3.05, 3.63) is 46.8 Å². The molecule has 0 saturated carbocycles. The van der Waals surface area contributed by atoms with Gasteiger partial charge in [0.05, 0.1) is 5.02 Å². The Bertz CT molecular complexity index is 597. The lowest BCUT2D eigenvalue weighted by molar-refractivity contribution is 0.467. The van der Waals surface area contributed by atoms with Crippen LogP contribution in [-0.4, -0.2) is 21.3 Å². The van der Waals surface area contributed by atoms with Gasteiger partial charge in [-0.25, -0.2) is 14.1 Å². The Hall–Kier alpha value is -1.46. The molecule has 0 fully saturated rings. The van der Waals surface area contributed by atoms with Crippen LogP contribution in [-0.2, 0) is 6.42 Å². The highest BCUT2D eigenvalue weighted by atomic mass is 35.5. The van der Waals surface area contributed by atoms with Gasteiger partial charge in [-0.05, 0) is 38.1 Å². The molecule has 0 saturated heterocycles. The Morgan fingerprint density at radius 2 is 2.14 bits per heavy atom. The van der Waals surface area contributed by atoms with E-state index in [1.165, 1.54) is 6.07 Å². The minimum atomic E-state index is -0.401. The van der Waals surface area contributed by atoms with Gasteiger partial charge in [0.2, 0.25) is 0 Å². The van der Waals surface area contributed by atoms with Gasteiger partial charge >= 0.3 is 0 Å². The highest BCUT2D eigenvalue weighted by molar-refractivity contribution is 6.30. The fourth-order valence-corrected chi connectivity index (χ4v) is 2.44. The molecule has 1 aromatic heterocycles. The van der Waals surface area contributed by atoms with Crippen molar-refractivity contribution in [2.45, 2.75) is 39.3 Å². The highest BCUT2D eigenvalue weighted by Gasteiger charge is 2.17. The maximum atomic E-state index is 13.7. The average Bonchev–Trinajstić information content (AvgIpc) is 2.90. The number of hydrogen-bond acceptors (Lipinski definition) is 3. The van der Waals surface area contributed by atoms with Crippen LogP contribution in [0.5, 0.6) is 0 Å². The van der Waals surface area contributed by atoms with Crippen molar-refractivity contribution < 1.29 is 4.39 Å². The minimum Gasteiger partial charge on any atom is -0.310 e. The standard InChI is InChI=1S/C15H20ClFN4/c1-4-18-14(11-5-6-12(16)13(17)7-11)8-15-19-9-20-21(15)10(2)3/h5-7,9-10,14,18H,4,8H2,1-3H3. The van der Waals surface area contributed by atoms with Crippen molar-refractivity contribution in [3.63, 3.8) is 0 Å². The third kappa shape index (κ3) is 3.80. The maximum absolute atomic E-state index is 13.7. The van der Waals surface area contributed by atoms with Gasteiger partial charge in [-0.3, -0.25) is 0 Å². The minimum absolute atomic E-state index is 0.0246. The number of nitrogens with zero attached hydrogens (tertiary/aromatic N) is 3. The van der Waals surface area contributed by atoms with Gasteiger partial charge in [0, 0.05) is 18.5 Å².